The molecule has 1 aromatic carbocycles. The average molecular weight is 308 g/mol. The molecule has 22 heavy (non-hydrogen) atoms. The van der Waals surface area contributed by atoms with Crippen LogP contribution in [-0.4, -0.2) is 35.1 Å². The molecule has 6 heteroatoms. The highest BCUT2D eigenvalue weighted by molar-refractivity contribution is 5.74. The zero-order valence-electron chi connectivity index (χ0n) is 12.6. The first kappa shape index (κ1) is 16.3. The van der Waals surface area contributed by atoms with Crippen LogP contribution in [0.3, 0.4) is 0 Å². The van der Waals surface area contributed by atoms with Crippen LogP contribution in [0.15, 0.2) is 18.2 Å². The lowest BCUT2D eigenvalue weighted by molar-refractivity contribution is -0.138. The number of carboxylic acid groups (broad SMARTS) is 1. The third-order valence-electron chi connectivity index (χ3n) is 4.04. The van der Waals surface area contributed by atoms with Crippen molar-refractivity contribution in [3.8, 4) is 0 Å². The summed E-state index contributed by atoms with van der Waals surface area (Å²) in [5, 5.41) is 11.6. The van der Waals surface area contributed by atoms with Gasteiger partial charge in [0.25, 0.3) is 0 Å². The van der Waals surface area contributed by atoms with Gasteiger partial charge in [-0.2, -0.15) is 0 Å². The number of aliphatic carboxylic acids is 1. The molecular formula is C16H21FN2O3. The fourth-order valence-electron chi connectivity index (χ4n) is 2.83. The number of amides is 2. The molecule has 0 spiro atoms. The van der Waals surface area contributed by atoms with Gasteiger partial charge >= 0.3 is 12.0 Å². The highest BCUT2D eigenvalue weighted by Gasteiger charge is 2.25. The predicted molar refractivity (Wildman–Crippen MR) is 79.9 cm³/mol. The second-order valence-electron chi connectivity index (χ2n) is 5.75. The van der Waals surface area contributed by atoms with Gasteiger partial charge in [-0.1, -0.05) is 12.1 Å². The van der Waals surface area contributed by atoms with E-state index in [0.717, 1.165) is 18.4 Å². The first-order chi connectivity index (χ1) is 10.5. The van der Waals surface area contributed by atoms with Crippen molar-refractivity contribution >= 4 is 12.0 Å². The zero-order chi connectivity index (χ0) is 16.1. The highest BCUT2D eigenvalue weighted by Crippen LogP contribution is 2.20. The number of nitrogens with one attached hydrogen (secondary N) is 1. The molecule has 1 unspecified atom stereocenters. The maximum absolute atomic E-state index is 13.7. The molecule has 0 radical (unpaired) electrons. The number of carbonyl (C=O) groups is 2. The molecule has 1 heterocycles. The number of carboxylic acids is 1. The number of rotatable bonds is 4. The van der Waals surface area contributed by atoms with E-state index in [2.05, 4.69) is 5.32 Å². The maximum Gasteiger partial charge on any atom is 0.317 e. The topological polar surface area (TPSA) is 69.6 Å². The molecule has 0 bridgehead atoms. The van der Waals surface area contributed by atoms with Gasteiger partial charge in [-0.05, 0) is 37.3 Å². The van der Waals surface area contributed by atoms with E-state index >= 15 is 0 Å². The number of urea groups is 1. The van der Waals surface area contributed by atoms with Crippen LogP contribution in [0.25, 0.3) is 0 Å². The summed E-state index contributed by atoms with van der Waals surface area (Å²) in [5.74, 6) is -1.18. The van der Waals surface area contributed by atoms with Crippen molar-refractivity contribution in [1.29, 1.82) is 0 Å². The van der Waals surface area contributed by atoms with E-state index in [1.54, 1.807) is 24.0 Å². The van der Waals surface area contributed by atoms with Gasteiger partial charge in [-0.3, -0.25) is 4.79 Å². The summed E-state index contributed by atoms with van der Waals surface area (Å²) in [4.78, 5) is 24.6. The minimum absolute atomic E-state index is 0.00722. The summed E-state index contributed by atoms with van der Waals surface area (Å²) in [6, 6.07) is 4.54. The fraction of sp³-hybridized carbons (Fsp3) is 0.500. The molecule has 0 saturated carbocycles. The molecule has 0 aliphatic carbocycles. The van der Waals surface area contributed by atoms with Gasteiger partial charge in [0.15, 0.2) is 0 Å². The first-order valence-electron chi connectivity index (χ1n) is 7.46. The van der Waals surface area contributed by atoms with Crippen molar-refractivity contribution in [2.75, 3.05) is 13.1 Å². The van der Waals surface area contributed by atoms with E-state index in [-0.39, 0.29) is 30.7 Å². The number of carbonyl (C=O) groups excluding carboxylic acids is 1. The summed E-state index contributed by atoms with van der Waals surface area (Å²) in [6.45, 7) is 2.98. The molecule has 1 saturated heterocycles. The Hall–Kier alpha value is -2.11. The lowest BCUT2D eigenvalue weighted by Crippen LogP contribution is -2.45. The molecule has 120 valence electrons. The molecule has 2 rings (SSSR count). The number of aryl methyl sites for hydroxylation is 1. The molecule has 1 atom stereocenters. The van der Waals surface area contributed by atoms with Crippen LogP contribution < -0.4 is 5.32 Å². The molecule has 0 aromatic heterocycles. The van der Waals surface area contributed by atoms with Crippen LogP contribution in [0.1, 0.15) is 30.4 Å². The van der Waals surface area contributed by atoms with E-state index in [1.807, 2.05) is 0 Å². The monoisotopic (exact) mass is 308 g/mol. The number of nitrogens with zero attached hydrogens (tertiary/aromatic N) is 1. The third-order valence-corrected chi connectivity index (χ3v) is 4.04. The summed E-state index contributed by atoms with van der Waals surface area (Å²) in [6.07, 6.45) is 1.70. The minimum atomic E-state index is -0.839. The third kappa shape index (κ3) is 4.19. The standard InChI is InChI=1S/C16H21FN2O3/c1-11-4-2-6-14(17)13(11)9-18-16(22)19-7-3-5-12(10-19)8-15(20)21/h2,4,6,12H,3,5,7-10H2,1H3,(H,18,22)(H,20,21). The van der Waals surface area contributed by atoms with E-state index in [0.29, 0.717) is 18.7 Å². The van der Waals surface area contributed by atoms with Gasteiger partial charge in [0.05, 0.1) is 0 Å². The second-order valence-corrected chi connectivity index (χ2v) is 5.75. The first-order valence-corrected chi connectivity index (χ1v) is 7.46. The number of hydrogen-bond acceptors (Lipinski definition) is 2. The summed E-state index contributed by atoms with van der Waals surface area (Å²) in [7, 11) is 0. The molecule has 1 aliphatic rings. The molecule has 1 aliphatic heterocycles. The minimum Gasteiger partial charge on any atom is -0.481 e. The Morgan fingerprint density at radius 3 is 2.91 bits per heavy atom. The predicted octanol–water partition coefficient (Wildman–Crippen LogP) is 2.53. The van der Waals surface area contributed by atoms with Gasteiger partial charge in [0.1, 0.15) is 5.82 Å². The van der Waals surface area contributed by atoms with E-state index in [1.165, 1.54) is 6.07 Å². The van der Waals surface area contributed by atoms with Crippen molar-refractivity contribution in [2.24, 2.45) is 5.92 Å². The van der Waals surface area contributed by atoms with Gasteiger partial charge in [0.2, 0.25) is 0 Å². The van der Waals surface area contributed by atoms with E-state index in [4.69, 9.17) is 5.11 Å². The van der Waals surface area contributed by atoms with Crippen molar-refractivity contribution in [3.63, 3.8) is 0 Å². The Labute approximate surface area is 129 Å². The summed E-state index contributed by atoms with van der Waals surface area (Å²) in [5.41, 5.74) is 1.28. The molecule has 2 N–H and O–H groups in total. The van der Waals surface area contributed by atoms with Crippen molar-refractivity contribution in [3.05, 3.63) is 35.1 Å². The van der Waals surface area contributed by atoms with Gasteiger partial charge in [0, 0.05) is 31.6 Å². The number of likely N-dealkylation sites (tertiary alicyclic amines) is 1. The molecule has 5 nitrogen and oxygen atoms in total. The normalized spacial score (nSPS) is 18.1. The van der Waals surface area contributed by atoms with Crippen LogP contribution in [0, 0.1) is 18.7 Å². The lowest BCUT2D eigenvalue weighted by Gasteiger charge is -2.32. The Morgan fingerprint density at radius 2 is 2.23 bits per heavy atom. The number of halogens is 1. The lowest BCUT2D eigenvalue weighted by atomic mass is 9.95. The Kier molecular flexibility index (Phi) is 5.35. The highest BCUT2D eigenvalue weighted by atomic mass is 19.1. The van der Waals surface area contributed by atoms with Crippen molar-refractivity contribution in [2.45, 2.75) is 32.7 Å². The quantitative estimate of drug-likeness (QED) is 0.898. The fourth-order valence-corrected chi connectivity index (χ4v) is 2.83. The van der Waals surface area contributed by atoms with Crippen molar-refractivity contribution in [1.82, 2.24) is 10.2 Å². The summed E-state index contributed by atoms with van der Waals surface area (Å²) >= 11 is 0. The summed E-state index contributed by atoms with van der Waals surface area (Å²) < 4.78 is 13.7. The van der Waals surface area contributed by atoms with Crippen LogP contribution >= 0.6 is 0 Å². The molecule has 1 aromatic rings. The van der Waals surface area contributed by atoms with Crippen molar-refractivity contribution < 1.29 is 19.1 Å². The van der Waals surface area contributed by atoms with Gasteiger partial charge in [-0.25, -0.2) is 9.18 Å². The number of hydrogen-bond donors (Lipinski definition) is 2. The van der Waals surface area contributed by atoms with E-state index in [9.17, 15) is 14.0 Å². The average Bonchev–Trinajstić information content (AvgIpc) is 2.46. The Bertz CT molecular complexity index is 542. The SMILES string of the molecule is Cc1cccc(F)c1CNC(=O)N1CCCC(CC(=O)O)C1. The van der Waals surface area contributed by atoms with Gasteiger partial charge < -0.3 is 15.3 Å². The van der Waals surface area contributed by atoms with Crippen LogP contribution in [0.4, 0.5) is 9.18 Å². The molecule has 1 fully saturated rings. The number of benzene rings is 1. The molecule has 2 amide bonds. The van der Waals surface area contributed by atoms with Gasteiger partial charge in [-0.15, -0.1) is 0 Å². The Morgan fingerprint density at radius 1 is 1.45 bits per heavy atom. The van der Waals surface area contributed by atoms with Crippen LogP contribution in [0.5, 0.6) is 0 Å². The second kappa shape index (κ2) is 7.24. The van der Waals surface area contributed by atoms with Crippen LogP contribution in [0.2, 0.25) is 0 Å². The molecular weight excluding hydrogens is 287 g/mol. The largest absolute Gasteiger partial charge is 0.481 e. The smallest absolute Gasteiger partial charge is 0.317 e. The Balaban J connectivity index is 1.90. The van der Waals surface area contributed by atoms with E-state index < -0.39 is 5.97 Å². The zero-order valence-corrected chi connectivity index (χ0v) is 12.6. The number of piperidine rings is 1. The van der Waals surface area contributed by atoms with Crippen LogP contribution in [-0.2, 0) is 11.3 Å². The maximum atomic E-state index is 13.7.